The normalized spacial score (nSPS) is 11.9. The Hall–Kier alpha value is -2.81. The Labute approximate surface area is 163 Å². The van der Waals surface area contributed by atoms with Gasteiger partial charge in [-0.2, -0.15) is 19.6 Å². The van der Waals surface area contributed by atoms with Crippen molar-refractivity contribution >= 4 is 27.2 Å². The predicted octanol–water partition coefficient (Wildman–Crippen LogP) is 2.86. The van der Waals surface area contributed by atoms with E-state index >= 15 is 0 Å². The molecule has 0 amide bonds. The zero-order valence-electron chi connectivity index (χ0n) is 16.3. The molecule has 0 bridgehead atoms. The molecule has 0 saturated carbocycles. The van der Waals surface area contributed by atoms with Crippen molar-refractivity contribution in [3.8, 4) is 0 Å². The van der Waals surface area contributed by atoms with Crippen LogP contribution in [-0.4, -0.2) is 40.0 Å². The number of Topliss-reactive ketones (excluding diaryl/α,β-unsaturated/α-hetero) is 1. The molecule has 0 aliphatic carbocycles. The fourth-order valence-corrected chi connectivity index (χ4v) is 3.38. The van der Waals surface area contributed by atoms with Crippen LogP contribution in [0.1, 0.15) is 54.6 Å². The van der Waals surface area contributed by atoms with Crippen LogP contribution in [0, 0.1) is 0 Å². The van der Waals surface area contributed by atoms with E-state index in [1.807, 2.05) is 39.0 Å². The molecule has 0 unspecified atom stereocenters. The summed E-state index contributed by atoms with van der Waals surface area (Å²) in [6.45, 7) is 6.09. The van der Waals surface area contributed by atoms with Crippen LogP contribution in [0.2, 0.25) is 0 Å². The third-order valence-corrected chi connectivity index (χ3v) is 5.25. The number of rotatable bonds is 7. The summed E-state index contributed by atoms with van der Waals surface area (Å²) in [5, 5.41) is 7.18. The van der Waals surface area contributed by atoms with Gasteiger partial charge in [-0.25, -0.2) is 8.42 Å². The second kappa shape index (κ2) is 7.67. The molecule has 0 atom stereocenters. The summed E-state index contributed by atoms with van der Waals surface area (Å²) in [4.78, 5) is 20.5. The molecule has 0 aliphatic rings. The maximum atomic E-state index is 12.2. The number of sulfone groups is 1. The number of carbonyl (C=O) groups excluding carboxylic acids is 1. The molecule has 9 heteroatoms. The van der Waals surface area contributed by atoms with Gasteiger partial charge in [0.1, 0.15) is 0 Å². The van der Waals surface area contributed by atoms with E-state index in [0.717, 1.165) is 17.4 Å². The quantitative estimate of drug-likeness (QED) is 0.607. The summed E-state index contributed by atoms with van der Waals surface area (Å²) >= 11 is 0. The van der Waals surface area contributed by atoms with Crippen molar-refractivity contribution in [1.82, 2.24) is 19.6 Å². The van der Waals surface area contributed by atoms with Gasteiger partial charge in [0.2, 0.25) is 15.8 Å². The molecule has 2 heterocycles. The van der Waals surface area contributed by atoms with Crippen LogP contribution in [-0.2, 0) is 16.4 Å². The maximum absolute atomic E-state index is 12.2. The van der Waals surface area contributed by atoms with E-state index in [2.05, 4.69) is 20.4 Å². The number of ketones is 1. The number of hydrogen-bond donors (Lipinski definition) is 1. The first-order valence-electron chi connectivity index (χ1n) is 9.03. The van der Waals surface area contributed by atoms with Crippen LogP contribution >= 0.6 is 0 Å². The average Bonchev–Trinajstić information content (AvgIpc) is 3.09. The zero-order valence-corrected chi connectivity index (χ0v) is 17.1. The van der Waals surface area contributed by atoms with Crippen LogP contribution in [0.5, 0.6) is 0 Å². The molecule has 3 aromatic rings. The van der Waals surface area contributed by atoms with Crippen LogP contribution in [0.3, 0.4) is 0 Å². The smallest absolute Gasteiger partial charge is 0.252 e. The van der Waals surface area contributed by atoms with E-state index in [1.165, 1.54) is 4.52 Å². The Morgan fingerprint density at radius 2 is 1.93 bits per heavy atom. The van der Waals surface area contributed by atoms with Gasteiger partial charge in [-0.3, -0.25) is 4.79 Å². The fraction of sp³-hybridized carbons (Fsp3) is 0.368. The Kier molecular flexibility index (Phi) is 5.46. The lowest BCUT2D eigenvalue weighted by atomic mass is 10.0. The van der Waals surface area contributed by atoms with E-state index in [0.29, 0.717) is 24.2 Å². The van der Waals surface area contributed by atoms with Gasteiger partial charge in [0.25, 0.3) is 5.16 Å². The number of benzene rings is 1. The van der Waals surface area contributed by atoms with Gasteiger partial charge in [0.05, 0.1) is 6.20 Å². The SMILES string of the molecule is CCC(=O)c1ccccc1CNc1nc(S(C)(=O)=O)nc2c(C(C)C)cnn12. The summed E-state index contributed by atoms with van der Waals surface area (Å²) in [6.07, 6.45) is 3.15. The monoisotopic (exact) mass is 401 g/mol. The molecule has 3 rings (SSSR count). The number of anilines is 1. The minimum Gasteiger partial charge on any atom is -0.350 e. The van der Waals surface area contributed by atoms with Crippen LogP contribution in [0.15, 0.2) is 35.6 Å². The Morgan fingerprint density at radius 3 is 2.57 bits per heavy atom. The number of carbonyl (C=O) groups is 1. The molecule has 28 heavy (non-hydrogen) atoms. The Bertz CT molecular complexity index is 1140. The van der Waals surface area contributed by atoms with Gasteiger partial charge in [-0.05, 0) is 11.5 Å². The van der Waals surface area contributed by atoms with Crippen molar-refractivity contribution in [3.05, 3.63) is 47.2 Å². The molecule has 148 valence electrons. The first-order valence-corrected chi connectivity index (χ1v) is 10.9. The minimum atomic E-state index is -3.60. The third-order valence-electron chi connectivity index (χ3n) is 4.40. The highest BCUT2D eigenvalue weighted by Crippen LogP contribution is 2.22. The van der Waals surface area contributed by atoms with Crippen molar-refractivity contribution in [3.63, 3.8) is 0 Å². The van der Waals surface area contributed by atoms with Crippen molar-refractivity contribution in [2.24, 2.45) is 0 Å². The first kappa shape index (κ1) is 19.9. The summed E-state index contributed by atoms with van der Waals surface area (Å²) in [6, 6.07) is 7.31. The summed E-state index contributed by atoms with van der Waals surface area (Å²) in [5.41, 5.74) is 2.72. The average molecular weight is 401 g/mol. The molecule has 0 radical (unpaired) electrons. The number of nitrogens with one attached hydrogen (secondary N) is 1. The lowest BCUT2D eigenvalue weighted by Gasteiger charge is -2.12. The molecule has 8 nitrogen and oxygen atoms in total. The van der Waals surface area contributed by atoms with Crippen LogP contribution in [0.4, 0.5) is 5.95 Å². The van der Waals surface area contributed by atoms with Gasteiger partial charge >= 0.3 is 0 Å². The van der Waals surface area contributed by atoms with Gasteiger partial charge in [-0.15, -0.1) is 0 Å². The molecule has 0 aliphatic heterocycles. The van der Waals surface area contributed by atoms with Gasteiger partial charge in [0, 0.05) is 30.3 Å². The standard InChI is InChI=1S/C19H23N5O3S/c1-5-16(25)14-9-7-6-8-13(14)10-20-18-23-19(28(4,26)27)22-17-15(12(2)3)11-21-24(17)18/h6-9,11-12H,5,10H2,1-4H3,(H,20,22,23). The van der Waals surface area contributed by atoms with E-state index in [1.54, 1.807) is 12.3 Å². The molecular weight excluding hydrogens is 378 g/mol. The van der Waals surface area contributed by atoms with Gasteiger partial charge < -0.3 is 5.32 Å². The number of fused-ring (bicyclic) bond motifs is 1. The van der Waals surface area contributed by atoms with Crippen molar-refractivity contribution in [2.45, 2.75) is 44.8 Å². The molecular formula is C19H23N5O3S. The Balaban J connectivity index is 2.05. The highest BCUT2D eigenvalue weighted by atomic mass is 32.2. The molecule has 1 aromatic carbocycles. The molecule has 2 aromatic heterocycles. The molecule has 0 spiro atoms. The van der Waals surface area contributed by atoms with E-state index in [4.69, 9.17) is 0 Å². The first-order chi connectivity index (χ1) is 13.2. The highest BCUT2D eigenvalue weighted by Gasteiger charge is 2.20. The van der Waals surface area contributed by atoms with Gasteiger partial charge in [0.15, 0.2) is 11.4 Å². The number of hydrogen-bond acceptors (Lipinski definition) is 7. The van der Waals surface area contributed by atoms with Gasteiger partial charge in [-0.1, -0.05) is 45.0 Å². The maximum Gasteiger partial charge on any atom is 0.252 e. The third kappa shape index (κ3) is 3.89. The zero-order chi connectivity index (χ0) is 20.5. The lowest BCUT2D eigenvalue weighted by molar-refractivity contribution is 0.0987. The van der Waals surface area contributed by atoms with Crippen molar-refractivity contribution < 1.29 is 13.2 Å². The molecule has 0 saturated heterocycles. The van der Waals surface area contributed by atoms with E-state index in [9.17, 15) is 13.2 Å². The topological polar surface area (TPSA) is 106 Å². The second-order valence-corrected chi connectivity index (χ2v) is 8.79. The van der Waals surface area contributed by atoms with Crippen LogP contribution < -0.4 is 5.32 Å². The fourth-order valence-electron chi connectivity index (χ4n) is 2.87. The Morgan fingerprint density at radius 1 is 1.21 bits per heavy atom. The van der Waals surface area contributed by atoms with Crippen molar-refractivity contribution in [1.29, 1.82) is 0 Å². The molecule has 1 N–H and O–H groups in total. The molecule has 0 fully saturated rings. The number of nitrogens with zero attached hydrogens (tertiary/aromatic N) is 4. The highest BCUT2D eigenvalue weighted by molar-refractivity contribution is 7.90. The minimum absolute atomic E-state index is 0.0447. The second-order valence-electron chi connectivity index (χ2n) is 6.88. The number of aromatic nitrogens is 4. The predicted molar refractivity (Wildman–Crippen MR) is 106 cm³/mol. The largest absolute Gasteiger partial charge is 0.350 e. The lowest BCUT2D eigenvalue weighted by Crippen LogP contribution is -2.15. The van der Waals surface area contributed by atoms with E-state index in [-0.39, 0.29) is 22.8 Å². The summed E-state index contributed by atoms with van der Waals surface area (Å²) in [5.74, 6) is 0.426. The van der Waals surface area contributed by atoms with Crippen LogP contribution in [0.25, 0.3) is 5.65 Å². The summed E-state index contributed by atoms with van der Waals surface area (Å²) in [7, 11) is -3.60. The summed E-state index contributed by atoms with van der Waals surface area (Å²) < 4.78 is 25.6. The van der Waals surface area contributed by atoms with Crippen molar-refractivity contribution in [2.75, 3.05) is 11.6 Å². The van der Waals surface area contributed by atoms with E-state index < -0.39 is 9.84 Å².